The quantitative estimate of drug-likeness (QED) is 0.656. The summed E-state index contributed by atoms with van der Waals surface area (Å²) in [6, 6.07) is 7.21. The molecule has 1 aliphatic carbocycles. The molecule has 1 aliphatic rings. The molecule has 92 valence electrons. The van der Waals surface area contributed by atoms with E-state index in [0.29, 0.717) is 30.4 Å². The topological polar surface area (TPSA) is 72.2 Å². The van der Waals surface area contributed by atoms with E-state index in [4.69, 9.17) is 4.42 Å². The van der Waals surface area contributed by atoms with Crippen LogP contribution in [0.15, 0.2) is 28.7 Å². The number of fused-ring (bicyclic) bond motifs is 1. The van der Waals surface area contributed by atoms with E-state index in [2.05, 4.69) is 10.3 Å². The van der Waals surface area contributed by atoms with Crippen molar-refractivity contribution in [2.24, 2.45) is 0 Å². The first-order chi connectivity index (χ1) is 8.75. The molecule has 0 saturated heterocycles. The van der Waals surface area contributed by atoms with Gasteiger partial charge in [0.1, 0.15) is 11.1 Å². The van der Waals surface area contributed by atoms with Gasteiger partial charge in [-0.1, -0.05) is 12.1 Å². The monoisotopic (exact) mass is 244 g/mol. The van der Waals surface area contributed by atoms with Crippen molar-refractivity contribution >= 4 is 23.3 Å². The van der Waals surface area contributed by atoms with Crippen molar-refractivity contribution in [2.45, 2.75) is 24.8 Å². The maximum Gasteiger partial charge on any atom is 0.266 e. The number of aromatic nitrogens is 1. The summed E-state index contributed by atoms with van der Waals surface area (Å²) < 4.78 is 5.44. The number of oxazole rings is 1. The molecule has 5 heteroatoms. The molecule has 5 nitrogen and oxygen atoms in total. The number of benzene rings is 1. The van der Waals surface area contributed by atoms with Gasteiger partial charge in [0.2, 0.25) is 12.2 Å². The van der Waals surface area contributed by atoms with Crippen LogP contribution in [0.1, 0.15) is 29.9 Å². The van der Waals surface area contributed by atoms with Gasteiger partial charge in [0.05, 0.1) is 0 Å². The SMILES string of the molecule is O=CNC1(C(=O)c2nc3ccccc3o2)CCC1. The molecule has 0 radical (unpaired) electrons. The summed E-state index contributed by atoms with van der Waals surface area (Å²) in [5.41, 5.74) is 0.436. The average Bonchev–Trinajstić information content (AvgIpc) is 2.76. The second kappa shape index (κ2) is 3.94. The number of hydrogen-bond donors (Lipinski definition) is 1. The third kappa shape index (κ3) is 1.51. The van der Waals surface area contributed by atoms with Crippen molar-refractivity contribution in [3.63, 3.8) is 0 Å². The predicted molar refractivity (Wildman–Crippen MR) is 64.1 cm³/mol. The molecule has 1 N–H and O–H groups in total. The van der Waals surface area contributed by atoms with Gasteiger partial charge in [-0.15, -0.1) is 0 Å². The van der Waals surface area contributed by atoms with Gasteiger partial charge in [0.25, 0.3) is 5.89 Å². The highest BCUT2D eigenvalue weighted by Crippen LogP contribution is 2.35. The van der Waals surface area contributed by atoms with E-state index in [1.54, 1.807) is 12.1 Å². The Labute approximate surface area is 103 Å². The van der Waals surface area contributed by atoms with Gasteiger partial charge in [0.15, 0.2) is 5.58 Å². The van der Waals surface area contributed by atoms with Crippen molar-refractivity contribution < 1.29 is 14.0 Å². The van der Waals surface area contributed by atoms with E-state index < -0.39 is 5.54 Å². The van der Waals surface area contributed by atoms with Gasteiger partial charge in [-0.3, -0.25) is 9.59 Å². The Balaban J connectivity index is 1.98. The summed E-state index contributed by atoms with van der Waals surface area (Å²) in [6.45, 7) is 0. The molecule has 2 aromatic rings. The first kappa shape index (κ1) is 11.0. The molecule has 1 heterocycles. The van der Waals surface area contributed by atoms with Crippen LogP contribution in [0.25, 0.3) is 11.1 Å². The summed E-state index contributed by atoms with van der Waals surface area (Å²) in [5.74, 6) is -0.165. The maximum absolute atomic E-state index is 12.3. The highest BCUT2D eigenvalue weighted by Gasteiger charge is 2.46. The molecular weight excluding hydrogens is 232 g/mol. The molecule has 0 aliphatic heterocycles. The number of nitrogens with one attached hydrogen (secondary N) is 1. The van der Waals surface area contributed by atoms with E-state index in [0.717, 1.165) is 6.42 Å². The Bertz CT molecular complexity index is 580. The van der Waals surface area contributed by atoms with Crippen molar-refractivity contribution in [1.29, 1.82) is 0 Å². The number of carbonyl (C=O) groups is 2. The number of hydrogen-bond acceptors (Lipinski definition) is 4. The molecule has 1 aromatic carbocycles. The minimum Gasteiger partial charge on any atom is -0.434 e. The molecule has 0 unspecified atom stereocenters. The largest absolute Gasteiger partial charge is 0.434 e. The highest BCUT2D eigenvalue weighted by molar-refractivity contribution is 6.02. The minimum absolute atomic E-state index is 0.0743. The van der Waals surface area contributed by atoms with Crippen molar-refractivity contribution in [2.75, 3.05) is 0 Å². The van der Waals surface area contributed by atoms with Crippen LogP contribution in [-0.4, -0.2) is 22.7 Å². The fourth-order valence-electron chi connectivity index (χ4n) is 2.25. The number of rotatable bonds is 4. The molecular formula is C13H12N2O3. The molecule has 1 aromatic heterocycles. The van der Waals surface area contributed by atoms with Gasteiger partial charge >= 0.3 is 0 Å². The number of ketones is 1. The maximum atomic E-state index is 12.3. The molecule has 1 fully saturated rings. The second-order valence-electron chi connectivity index (χ2n) is 4.51. The molecule has 18 heavy (non-hydrogen) atoms. The molecule has 1 amide bonds. The Kier molecular flexibility index (Phi) is 2.40. The van der Waals surface area contributed by atoms with Crippen LogP contribution in [0, 0.1) is 0 Å². The van der Waals surface area contributed by atoms with Crippen molar-refractivity contribution in [3.8, 4) is 0 Å². The van der Waals surface area contributed by atoms with E-state index in [1.165, 1.54) is 0 Å². The van der Waals surface area contributed by atoms with Crippen LogP contribution < -0.4 is 5.32 Å². The average molecular weight is 244 g/mol. The first-order valence-corrected chi connectivity index (χ1v) is 5.87. The Morgan fingerprint density at radius 2 is 2.17 bits per heavy atom. The number of nitrogens with zero attached hydrogens (tertiary/aromatic N) is 1. The predicted octanol–water partition coefficient (Wildman–Crippen LogP) is 1.68. The number of Topliss-reactive ketones (excluding diaryl/α,β-unsaturated/α-hetero) is 1. The fraction of sp³-hybridized carbons (Fsp3) is 0.308. The first-order valence-electron chi connectivity index (χ1n) is 5.87. The van der Waals surface area contributed by atoms with Gasteiger partial charge in [-0.05, 0) is 31.4 Å². The van der Waals surface area contributed by atoms with Crippen LogP contribution in [0.3, 0.4) is 0 Å². The lowest BCUT2D eigenvalue weighted by Gasteiger charge is -2.38. The smallest absolute Gasteiger partial charge is 0.266 e. The minimum atomic E-state index is -0.803. The third-order valence-electron chi connectivity index (χ3n) is 3.47. The molecule has 1 saturated carbocycles. The summed E-state index contributed by atoms with van der Waals surface area (Å²) in [7, 11) is 0. The lowest BCUT2D eigenvalue weighted by molar-refractivity contribution is -0.111. The highest BCUT2D eigenvalue weighted by atomic mass is 16.4. The van der Waals surface area contributed by atoms with Gasteiger partial charge in [0, 0.05) is 0 Å². The van der Waals surface area contributed by atoms with E-state index in [1.807, 2.05) is 12.1 Å². The summed E-state index contributed by atoms with van der Waals surface area (Å²) in [6.07, 6.45) is 2.78. The normalized spacial score (nSPS) is 17.1. The van der Waals surface area contributed by atoms with Gasteiger partial charge in [-0.2, -0.15) is 0 Å². The zero-order valence-electron chi connectivity index (χ0n) is 9.68. The molecule has 3 rings (SSSR count). The lowest BCUT2D eigenvalue weighted by Crippen LogP contribution is -2.56. The third-order valence-corrected chi connectivity index (χ3v) is 3.47. The Morgan fingerprint density at radius 3 is 2.78 bits per heavy atom. The second-order valence-corrected chi connectivity index (χ2v) is 4.51. The van der Waals surface area contributed by atoms with E-state index >= 15 is 0 Å². The summed E-state index contributed by atoms with van der Waals surface area (Å²) in [4.78, 5) is 27.1. The number of amides is 1. The van der Waals surface area contributed by atoms with Crippen molar-refractivity contribution in [1.82, 2.24) is 10.3 Å². The molecule has 0 bridgehead atoms. The number of carbonyl (C=O) groups excluding carboxylic acids is 2. The standard InChI is InChI=1S/C13H12N2O3/c16-8-14-13(6-3-7-13)11(17)12-15-9-4-1-2-5-10(9)18-12/h1-2,4-5,8H,3,6-7H2,(H,14,16). The summed E-state index contributed by atoms with van der Waals surface area (Å²) in [5, 5.41) is 2.61. The lowest BCUT2D eigenvalue weighted by atomic mass is 9.73. The zero-order valence-corrected chi connectivity index (χ0v) is 9.68. The van der Waals surface area contributed by atoms with E-state index in [-0.39, 0.29) is 11.7 Å². The van der Waals surface area contributed by atoms with Gasteiger partial charge in [-0.25, -0.2) is 4.98 Å². The zero-order chi connectivity index (χ0) is 12.6. The van der Waals surface area contributed by atoms with Crippen LogP contribution in [-0.2, 0) is 4.79 Å². The van der Waals surface area contributed by atoms with Crippen LogP contribution in [0.2, 0.25) is 0 Å². The van der Waals surface area contributed by atoms with Crippen LogP contribution >= 0.6 is 0 Å². The fourth-order valence-corrected chi connectivity index (χ4v) is 2.25. The molecule has 0 atom stereocenters. The number of para-hydroxylation sites is 2. The Morgan fingerprint density at radius 1 is 1.39 bits per heavy atom. The molecule has 0 spiro atoms. The summed E-state index contributed by atoms with van der Waals surface area (Å²) >= 11 is 0. The van der Waals surface area contributed by atoms with E-state index in [9.17, 15) is 9.59 Å². The Hall–Kier alpha value is -2.17. The van der Waals surface area contributed by atoms with Crippen LogP contribution in [0.4, 0.5) is 0 Å². The van der Waals surface area contributed by atoms with Crippen LogP contribution in [0.5, 0.6) is 0 Å². The van der Waals surface area contributed by atoms with Crippen molar-refractivity contribution in [3.05, 3.63) is 30.2 Å². The van der Waals surface area contributed by atoms with Gasteiger partial charge < -0.3 is 9.73 Å².